The van der Waals surface area contributed by atoms with Crippen LogP contribution in [0.3, 0.4) is 0 Å². The van der Waals surface area contributed by atoms with Crippen molar-refractivity contribution in [2.45, 2.75) is 20.0 Å². The Hall–Kier alpha value is -1.60. The number of alkyl halides is 2. The van der Waals surface area contributed by atoms with Crippen LogP contribution in [0.15, 0.2) is 18.2 Å². The summed E-state index contributed by atoms with van der Waals surface area (Å²) in [7, 11) is 0. The maximum absolute atomic E-state index is 12.1. The molecule has 0 aromatic heterocycles. The lowest BCUT2D eigenvalue weighted by Gasteiger charge is -2.13. The van der Waals surface area contributed by atoms with E-state index in [1.54, 1.807) is 0 Å². The molecule has 8 heteroatoms. The number of amides is 2. The molecular formula is C13H17ClF2N2O3. The number of aliphatic hydroxyl groups excluding tert-OH is 1. The molecule has 0 aliphatic heterocycles. The van der Waals surface area contributed by atoms with Crippen LogP contribution in [0, 0.1) is 5.92 Å². The quantitative estimate of drug-likeness (QED) is 0.722. The third kappa shape index (κ3) is 6.59. The Morgan fingerprint density at radius 2 is 2.19 bits per heavy atom. The number of aliphatic hydroxyl groups is 1. The molecule has 118 valence electrons. The second-order valence-corrected chi connectivity index (χ2v) is 4.88. The van der Waals surface area contributed by atoms with Crippen LogP contribution in [-0.4, -0.2) is 30.9 Å². The number of ether oxygens (including phenoxy) is 1. The summed E-state index contributed by atoms with van der Waals surface area (Å²) in [6.07, 6.45) is 0.589. The van der Waals surface area contributed by atoms with Crippen LogP contribution in [0.1, 0.15) is 13.3 Å². The lowest BCUT2D eigenvalue weighted by atomic mass is 10.1. The monoisotopic (exact) mass is 322 g/mol. The van der Waals surface area contributed by atoms with Gasteiger partial charge in [-0.15, -0.1) is 0 Å². The first-order valence-corrected chi connectivity index (χ1v) is 6.70. The number of hydrogen-bond donors (Lipinski definition) is 3. The summed E-state index contributed by atoms with van der Waals surface area (Å²) in [4.78, 5) is 11.6. The molecule has 1 aromatic rings. The van der Waals surface area contributed by atoms with Gasteiger partial charge >= 0.3 is 12.6 Å². The van der Waals surface area contributed by atoms with Gasteiger partial charge in [-0.25, -0.2) is 4.79 Å². The summed E-state index contributed by atoms with van der Waals surface area (Å²) in [6, 6.07) is 3.52. The number of nitrogens with one attached hydrogen (secondary N) is 2. The van der Waals surface area contributed by atoms with Gasteiger partial charge in [0.25, 0.3) is 0 Å². The highest BCUT2D eigenvalue weighted by Gasteiger charge is 2.10. The molecule has 0 aliphatic carbocycles. The SMILES string of the molecule is CC(CCO)CNC(=O)Nc1ccc(OC(F)F)c(Cl)c1. The molecular weight excluding hydrogens is 306 g/mol. The van der Waals surface area contributed by atoms with E-state index in [2.05, 4.69) is 15.4 Å². The van der Waals surface area contributed by atoms with E-state index in [1.165, 1.54) is 18.2 Å². The summed E-state index contributed by atoms with van der Waals surface area (Å²) in [5.41, 5.74) is 0.355. The van der Waals surface area contributed by atoms with E-state index in [9.17, 15) is 13.6 Å². The van der Waals surface area contributed by atoms with E-state index in [1.807, 2.05) is 6.92 Å². The first-order valence-electron chi connectivity index (χ1n) is 6.32. The van der Waals surface area contributed by atoms with E-state index >= 15 is 0 Å². The lowest BCUT2D eigenvalue weighted by molar-refractivity contribution is -0.0497. The van der Waals surface area contributed by atoms with Crippen LogP contribution >= 0.6 is 11.6 Å². The number of carbonyl (C=O) groups is 1. The largest absolute Gasteiger partial charge is 0.433 e. The Morgan fingerprint density at radius 3 is 2.76 bits per heavy atom. The Balaban J connectivity index is 2.51. The van der Waals surface area contributed by atoms with Gasteiger partial charge in [0.05, 0.1) is 5.02 Å². The zero-order valence-corrected chi connectivity index (χ0v) is 12.2. The van der Waals surface area contributed by atoms with Crippen molar-refractivity contribution >= 4 is 23.3 Å². The average molecular weight is 323 g/mol. The minimum Gasteiger partial charge on any atom is -0.433 e. The van der Waals surface area contributed by atoms with Gasteiger partial charge in [-0.05, 0) is 30.5 Å². The van der Waals surface area contributed by atoms with Gasteiger partial charge in [0.2, 0.25) is 0 Å². The van der Waals surface area contributed by atoms with Crippen molar-refractivity contribution in [2.75, 3.05) is 18.5 Å². The molecule has 21 heavy (non-hydrogen) atoms. The normalized spacial score (nSPS) is 12.1. The molecule has 1 atom stereocenters. The molecule has 5 nitrogen and oxygen atoms in total. The Morgan fingerprint density at radius 1 is 1.48 bits per heavy atom. The summed E-state index contributed by atoms with van der Waals surface area (Å²) in [5, 5.41) is 13.9. The second kappa shape index (κ2) is 8.63. The van der Waals surface area contributed by atoms with Gasteiger partial charge < -0.3 is 20.5 Å². The predicted molar refractivity (Wildman–Crippen MR) is 76.0 cm³/mol. The van der Waals surface area contributed by atoms with Gasteiger partial charge in [-0.3, -0.25) is 0 Å². The topological polar surface area (TPSA) is 70.6 Å². The molecule has 2 amide bonds. The summed E-state index contributed by atoms with van der Waals surface area (Å²) in [6.45, 7) is -0.597. The molecule has 0 aliphatic rings. The van der Waals surface area contributed by atoms with E-state index in [0.29, 0.717) is 18.7 Å². The minimum absolute atomic E-state index is 0.0262. The molecule has 1 aromatic carbocycles. The fraction of sp³-hybridized carbons (Fsp3) is 0.462. The van der Waals surface area contributed by atoms with E-state index < -0.39 is 12.6 Å². The zero-order valence-electron chi connectivity index (χ0n) is 11.4. The van der Waals surface area contributed by atoms with Crippen molar-refractivity contribution in [1.29, 1.82) is 0 Å². The van der Waals surface area contributed by atoms with Crippen molar-refractivity contribution < 1.29 is 23.4 Å². The molecule has 0 bridgehead atoms. The fourth-order valence-electron chi connectivity index (χ4n) is 1.53. The van der Waals surface area contributed by atoms with Crippen molar-refractivity contribution in [3.05, 3.63) is 23.2 Å². The summed E-state index contributed by atoms with van der Waals surface area (Å²) < 4.78 is 28.3. The molecule has 3 N–H and O–H groups in total. The first kappa shape index (κ1) is 17.5. The zero-order chi connectivity index (χ0) is 15.8. The van der Waals surface area contributed by atoms with Gasteiger partial charge in [0.1, 0.15) is 5.75 Å². The van der Waals surface area contributed by atoms with Gasteiger partial charge in [0.15, 0.2) is 0 Å². The van der Waals surface area contributed by atoms with Crippen molar-refractivity contribution in [3.63, 3.8) is 0 Å². The maximum atomic E-state index is 12.1. The van der Waals surface area contributed by atoms with E-state index in [-0.39, 0.29) is 23.3 Å². The minimum atomic E-state index is -2.96. The molecule has 0 spiro atoms. The van der Waals surface area contributed by atoms with Crippen LogP contribution in [-0.2, 0) is 0 Å². The molecule has 0 saturated carbocycles. The number of benzene rings is 1. The third-order valence-corrected chi connectivity index (χ3v) is 2.93. The van der Waals surface area contributed by atoms with Crippen molar-refractivity contribution in [1.82, 2.24) is 5.32 Å². The van der Waals surface area contributed by atoms with E-state index in [4.69, 9.17) is 16.7 Å². The van der Waals surface area contributed by atoms with Crippen LogP contribution < -0.4 is 15.4 Å². The number of carbonyl (C=O) groups excluding carboxylic acids is 1. The number of anilines is 1. The highest BCUT2D eigenvalue weighted by Crippen LogP contribution is 2.28. The summed E-state index contributed by atoms with van der Waals surface area (Å²) >= 11 is 5.77. The number of halogens is 3. The van der Waals surface area contributed by atoms with E-state index in [0.717, 1.165) is 0 Å². The van der Waals surface area contributed by atoms with Gasteiger partial charge in [-0.1, -0.05) is 18.5 Å². The van der Waals surface area contributed by atoms with Crippen LogP contribution in [0.5, 0.6) is 5.75 Å². The van der Waals surface area contributed by atoms with Crippen molar-refractivity contribution in [2.24, 2.45) is 5.92 Å². The molecule has 0 heterocycles. The number of urea groups is 1. The molecule has 0 saturated heterocycles. The highest BCUT2D eigenvalue weighted by molar-refractivity contribution is 6.32. The smallest absolute Gasteiger partial charge is 0.387 e. The Bertz CT molecular complexity index is 475. The molecule has 1 rings (SSSR count). The number of hydrogen-bond acceptors (Lipinski definition) is 3. The lowest BCUT2D eigenvalue weighted by Crippen LogP contribution is -2.32. The highest BCUT2D eigenvalue weighted by atomic mass is 35.5. The maximum Gasteiger partial charge on any atom is 0.387 e. The molecule has 0 radical (unpaired) electrons. The predicted octanol–water partition coefficient (Wildman–Crippen LogP) is 3.08. The number of rotatable bonds is 7. The molecule has 1 unspecified atom stereocenters. The first-order chi connectivity index (χ1) is 9.92. The van der Waals surface area contributed by atoms with Gasteiger partial charge in [-0.2, -0.15) is 8.78 Å². The third-order valence-electron chi connectivity index (χ3n) is 2.64. The second-order valence-electron chi connectivity index (χ2n) is 4.48. The van der Waals surface area contributed by atoms with Gasteiger partial charge in [0, 0.05) is 18.8 Å². The Kier molecular flexibility index (Phi) is 7.18. The van der Waals surface area contributed by atoms with Crippen molar-refractivity contribution in [3.8, 4) is 5.75 Å². The van der Waals surface area contributed by atoms with Crippen LogP contribution in [0.2, 0.25) is 5.02 Å². The Labute approximate surface area is 126 Å². The standard InChI is InChI=1S/C13H17ClF2N2O3/c1-8(4-5-19)7-17-13(20)18-9-2-3-11(10(14)6-9)21-12(15)16/h2-3,6,8,12,19H,4-5,7H2,1H3,(H2,17,18,20). The van der Waals surface area contributed by atoms with Crippen LogP contribution in [0.4, 0.5) is 19.3 Å². The average Bonchev–Trinajstić information content (AvgIpc) is 2.39. The van der Waals surface area contributed by atoms with Crippen LogP contribution in [0.25, 0.3) is 0 Å². The summed E-state index contributed by atoms with van der Waals surface area (Å²) in [5.74, 6) is -0.0136. The molecule has 0 fully saturated rings. The fourth-order valence-corrected chi connectivity index (χ4v) is 1.76.